The zero-order valence-corrected chi connectivity index (χ0v) is 12.9. The summed E-state index contributed by atoms with van der Waals surface area (Å²) in [7, 11) is 0. The number of ether oxygens (including phenoxy) is 1. The lowest BCUT2D eigenvalue weighted by atomic mass is 10.0. The van der Waals surface area contributed by atoms with E-state index in [4.69, 9.17) is 4.74 Å². The van der Waals surface area contributed by atoms with Crippen molar-refractivity contribution in [3.8, 4) is 0 Å². The van der Waals surface area contributed by atoms with E-state index >= 15 is 0 Å². The predicted molar refractivity (Wildman–Crippen MR) is 88.7 cm³/mol. The first-order valence-electron chi connectivity index (χ1n) is 7.94. The summed E-state index contributed by atoms with van der Waals surface area (Å²) in [6, 6.07) is 16.3. The maximum atomic E-state index is 12.6. The van der Waals surface area contributed by atoms with Gasteiger partial charge in [0.05, 0.1) is 18.0 Å². The van der Waals surface area contributed by atoms with Gasteiger partial charge in [-0.1, -0.05) is 36.4 Å². The largest absolute Gasteiger partial charge is 0.449 e. The lowest BCUT2D eigenvalue weighted by Gasteiger charge is -2.25. The van der Waals surface area contributed by atoms with Crippen LogP contribution in [0.3, 0.4) is 0 Å². The van der Waals surface area contributed by atoms with Crippen LogP contribution in [0.4, 0.5) is 16.2 Å². The molecule has 0 bridgehead atoms. The van der Waals surface area contributed by atoms with Gasteiger partial charge in [-0.3, -0.25) is 0 Å². The Bertz CT molecular complexity index is 616. The molecule has 0 fully saturated rings. The fourth-order valence-electron chi connectivity index (χ4n) is 3.03. The van der Waals surface area contributed by atoms with Crippen molar-refractivity contribution in [3.05, 3.63) is 59.7 Å². The van der Waals surface area contributed by atoms with E-state index in [1.165, 1.54) is 11.1 Å². The second-order valence-electron chi connectivity index (χ2n) is 5.50. The molecule has 0 saturated heterocycles. The average molecular weight is 295 g/mol. The number of amides is 1. The minimum Gasteiger partial charge on any atom is -0.449 e. The van der Waals surface area contributed by atoms with Gasteiger partial charge in [-0.2, -0.15) is 0 Å². The summed E-state index contributed by atoms with van der Waals surface area (Å²) < 4.78 is 5.32. The van der Waals surface area contributed by atoms with Gasteiger partial charge in [0.2, 0.25) is 0 Å². The minimum atomic E-state index is -0.302. The number of rotatable bonds is 1. The van der Waals surface area contributed by atoms with E-state index in [1.807, 2.05) is 43.3 Å². The highest BCUT2D eigenvalue weighted by molar-refractivity contribution is 5.97. The number of hydrogen-bond donors (Lipinski definition) is 0. The van der Waals surface area contributed by atoms with Crippen molar-refractivity contribution < 1.29 is 9.53 Å². The van der Waals surface area contributed by atoms with E-state index in [-0.39, 0.29) is 6.09 Å². The molecule has 3 rings (SSSR count). The van der Waals surface area contributed by atoms with E-state index in [1.54, 1.807) is 4.90 Å². The molecule has 0 spiro atoms. The zero-order chi connectivity index (χ0) is 15.4. The normalized spacial score (nSPS) is 14.1. The highest BCUT2D eigenvalue weighted by Gasteiger charge is 2.24. The van der Waals surface area contributed by atoms with Gasteiger partial charge in [-0.05, 0) is 55.9 Å². The number of carbonyl (C=O) groups is 1. The van der Waals surface area contributed by atoms with Crippen molar-refractivity contribution in [2.24, 2.45) is 0 Å². The minimum absolute atomic E-state index is 0.302. The van der Waals surface area contributed by atoms with Crippen molar-refractivity contribution in [1.82, 2.24) is 0 Å². The highest BCUT2D eigenvalue weighted by atomic mass is 16.6. The summed E-state index contributed by atoms with van der Waals surface area (Å²) in [5, 5.41) is 0. The lowest BCUT2D eigenvalue weighted by molar-refractivity contribution is 0.162. The van der Waals surface area contributed by atoms with Gasteiger partial charge in [0.15, 0.2) is 0 Å². The first-order chi connectivity index (χ1) is 10.8. The molecule has 1 amide bonds. The molecule has 0 atom stereocenters. The van der Waals surface area contributed by atoms with E-state index in [0.29, 0.717) is 6.61 Å². The van der Waals surface area contributed by atoms with Crippen LogP contribution in [0.5, 0.6) is 0 Å². The van der Waals surface area contributed by atoms with E-state index < -0.39 is 0 Å². The summed E-state index contributed by atoms with van der Waals surface area (Å²) in [5.74, 6) is 0. The molecular weight excluding hydrogens is 274 g/mol. The molecule has 1 aliphatic rings. The summed E-state index contributed by atoms with van der Waals surface area (Å²) in [6.07, 6.45) is 3.92. The van der Waals surface area contributed by atoms with Crippen molar-refractivity contribution in [2.75, 3.05) is 11.5 Å². The number of hydrogen-bond acceptors (Lipinski definition) is 2. The fourth-order valence-corrected chi connectivity index (χ4v) is 3.03. The molecule has 0 aliphatic carbocycles. The van der Waals surface area contributed by atoms with E-state index in [9.17, 15) is 4.79 Å². The molecular formula is C19H21NO2. The van der Waals surface area contributed by atoms with E-state index in [0.717, 1.165) is 37.1 Å². The molecule has 3 heteroatoms. The topological polar surface area (TPSA) is 29.5 Å². The van der Waals surface area contributed by atoms with Crippen molar-refractivity contribution in [2.45, 2.75) is 32.6 Å². The smallest absolute Gasteiger partial charge is 0.418 e. The van der Waals surface area contributed by atoms with Crippen LogP contribution in [-0.2, 0) is 17.6 Å². The summed E-state index contributed by atoms with van der Waals surface area (Å²) in [5.41, 5.74) is 4.28. The Hall–Kier alpha value is -2.29. The summed E-state index contributed by atoms with van der Waals surface area (Å²) in [6.45, 7) is 2.21. The second-order valence-corrected chi connectivity index (χ2v) is 5.50. The van der Waals surface area contributed by atoms with Crippen LogP contribution < -0.4 is 4.90 Å². The molecule has 0 saturated carbocycles. The Morgan fingerprint density at radius 2 is 1.45 bits per heavy atom. The highest BCUT2D eigenvalue weighted by Crippen LogP contribution is 2.35. The van der Waals surface area contributed by atoms with Crippen molar-refractivity contribution >= 4 is 17.5 Å². The van der Waals surface area contributed by atoms with E-state index in [2.05, 4.69) is 12.1 Å². The van der Waals surface area contributed by atoms with Crippen molar-refractivity contribution in [3.63, 3.8) is 0 Å². The third-order valence-electron chi connectivity index (χ3n) is 4.06. The predicted octanol–water partition coefficient (Wildman–Crippen LogP) is 4.86. The molecule has 3 nitrogen and oxygen atoms in total. The molecule has 0 radical (unpaired) electrons. The third-order valence-corrected chi connectivity index (χ3v) is 4.06. The first-order valence-corrected chi connectivity index (χ1v) is 7.94. The molecule has 1 aliphatic heterocycles. The van der Waals surface area contributed by atoms with Crippen molar-refractivity contribution in [1.29, 1.82) is 0 Å². The maximum Gasteiger partial charge on any atom is 0.418 e. The second kappa shape index (κ2) is 6.65. The van der Waals surface area contributed by atoms with Gasteiger partial charge in [-0.25, -0.2) is 9.69 Å². The van der Waals surface area contributed by atoms with Crippen LogP contribution >= 0.6 is 0 Å². The molecule has 22 heavy (non-hydrogen) atoms. The number of benzene rings is 2. The van der Waals surface area contributed by atoms with Gasteiger partial charge < -0.3 is 4.74 Å². The molecule has 0 N–H and O–H groups in total. The van der Waals surface area contributed by atoms with Gasteiger partial charge in [0, 0.05) is 0 Å². The van der Waals surface area contributed by atoms with Gasteiger partial charge in [0.1, 0.15) is 0 Å². The first kappa shape index (κ1) is 14.6. The van der Waals surface area contributed by atoms with Crippen LogP contribution in [-0.4, -0.2) is 12.7 Å². The van der Waals surface area contributed by atoms with Crippen LogP contribution in [0.2, 0.25) is 0 Å². The van der Waals surface area contributed by atoms with Gasteiger partial charge in [-0.15, -0.1) is 0 Å². The molecule has 2 aromatic rings. The average Bonchev–Trinajstić information content (AvgIpc) is 2.62. The quantitative estimate of drug-likeness (QED) is 0.752. The Morgan fingerprint density at radius 1 is 0.955 bits per heavy atom. The van der Waals surface area contributed by atoms with Gasteiger partial charge >= 0.3 is 6.09 Å². The number of carbonyl (C=O) groups excluding carboxylic acids is 1. The van der Waals surface area contributed by atoms with Crippen LogP contribution in [0.1, 0.15) is 30.9 Å². The maximum absolute atomic E-state index is 12.6. The standard InChI is InChI=1S/C19H21NO2/c1-2-22-19(21)20-17-13-7-5-11-15(17)9-3-4-10-16-12-6-8-14-18(16)20/h5-8,11-14H,2-4,9-10H2,1H3. The number of nitrogens with zero attached hydrogens (tertiary/aromatic N) is 1. The number of para-hydroxylation sites is 2. The lowest BCUT2D eigenvalue weighted by Crippen LogP contribution is -2.28. The Kier molecular flexibility index (Phi) is 4.42. The van der Waals surface area contributed by atoms with Gasteiger partial charge in [0.25, 0.3) is 0 Å². The van der Waals surface area contributed by atoms with Crippen LogP contribution in [0.25, 0.3) is 0 Å². The number of anilines is 2. The SMILES string of the molecule is CCOC(=O)N1c2ccccc2CCCCc2ccccc21. The number of fused-ring (bicyclic) bond motifs is 2. The fraction of sp³-hybridized carbons (Fsp3) is 0.316. The number of aryl methyl sites for hydroxylation is 2. The molecule has 2 aromatic carbocycles. The summed E-state index contributed by atoms with van der Waals surface area (Å²) >= 11 is 0. The Balaban J connectivity index is 2.17. The Morgan fingerprint density at radius 3 is 1.95 bits per heavy atom. The third kappa shape index (κ3) is 2.84. The zero-order valence-electron chi connectivity index (χ0n) is 12.9. The molecule has 114 valence electrons. The molecule has 0 aromatic heterocycles. The molecule has 1 heterocycles. The monoisotopic (exact) mass is 295 g/mol. The summed E-state index contributed by atoms with van der Waals surface area (Å²) in [4.78, 5) is 14.3. The Labute approximate surface area is 131 Å². The van der Waals surface area contributed by atoms with Crippen LogP contribution in [0.15, 0.2) is 48.5 Å². The van der Waals surface area contributed by atoms with Crippen LogP contribution in [0, 0.1) is 0 Å². The molecule has 0 unspecified atom stereocenters.